The summed E-state index contributed by atoms with van der Waals surface area (Å²) < 4.78 is 1.62. The molecule has 0 aliphatic carbocycles. The van der Waals surface area contributed by atoms with Crippen molar-refractivity contribution in [3.05, 3.63) is 35.2 Å². The van der Waals surface area contributed by atoms with Crippen molar-refractivity contribution in [2.45, 2.75) is 0 Å². The van der Waals surface area contributed by atoms with Gasteiger partial charge in [0, 0.05) is 23.1 Å². The van der Waals surface area contributed by atoms with Crippen molar-refractivity contribution in [3.8, 4) is 11.3 Å². The minimum Gasteiger partial charge on any atom is -0.384 e. The number of aromatic nitrogens is 3. The summed E-state index contributed by atoms with van der Waals surface area (Å²) in [4.78, 5) is 4.47. The van der Waals surface area contributed by atoms with Crippen molar-refractivity contribution in [3.63, 3.8) is 0 Å². The van der Waals surface area contributed by atoms with Crippen molar-refractivity contribution in [1.82, 2.24) is 14.6 Å². The molecule has 3 aromatic rings. The summed E-state index contributed by atoms with van der Waals surface area (Å²) in [7, 11) is 0. The van der Waals surface area contributed by atoms with Crippen LogP contribution in [0.2, 0.25) is 0 Å². The van der Waals surface area contributed by atoms with Gasteiger partial charge in [-0.2, -0.15) is 21.0 Å². The van der Waals surface area contributed by atoms with E-state index in [4.69, 9.17) is 5.73 Å². The number of anilines is 1. The first-order valence-corrected chi connectivity index (χ1v) is 5.42. The molecule has 3 heterocycles. The van der Waals surface area contributed by atoms with E-state index >= 15 is 0 Å². The Kier molecular flexibility index (Phi) is 1.72. The average Bonchev–Trinajstić information content (AvgIpc) is 2.88. The van der Waals surface area contributed by atoms with E-state index in [1.165, 1.54) is 0 Å². The maximum absolute atomic E-state index is 5.87. The monoisotopic (exact) mass is 216 g/mol. The molecule has 4 nitrogen and oxygen atoms in total. The second kappa shape index (κ2) is 3.06. The number of fused-ring (bicyclic) bond motifs is 1. The van der Waals surface area contributed by atoms with Crippen LogP contribution in [0.3, 0.4) is 0 Å². The Hall–Kier alpha value is -1.88. The van der Waals surface area contributed by atoms with Gasteiger partial charge in [0.2, 0.25) is 0 Å². The van der Waals surface area contributed by atoms with Gasteiger partial charge in [-0.15, -0.1) is 0 Å². The van der Waals surface area contributed by atoms with Crippen LogP contribution in [0.5, 0.6) is 0 Å². The largest absolute Gasteiger partial charge is 0.384 e. The zero-order valence-corrected chi connectivity index (χ0v) is 8.61. The highest BCUT2D eigenvalue weighted by atomic mass is 32.1. The van der Waals surface area contributed by atoms with Crippen molar-refractivity contribution < 1.29 is 0 Å². The minimum absolute atomic E-state index is 0.603. The van der Waals surface area contributed by atoms with Crippen molar-refractivity contribution in [1.29, 1.82) is 0 Å². The lowest BCUT2D eigenvalue weighted by atomic mass is 10.2. The van der Waals surface area contributed by atoms with Crippen LogP contribution in [0.15, 0.2) is 35.2 Å². The number of thiophene rings is 1. The van der Waals surface area contributed by atoms with Crippen LogP contribution in [-0.2, 0) is 0 Å². The molecule has 0 atom stereocenters. The Bertz CT molecular complexity index is 597. The summed E-state index contributed by atoms with van der Waals surface area (Å²) in [5.74, 6) is 0.603. The maximum Gasteiger partial charge on any atom is 0.157 e. The molecule has 0 amide bonds. The van der Waals surface area contributed by atoms with Gasteiger partial charge in [0.1, 0.15) is 5.82 Å². The molecule has 0 saturated heterocycles. The van der Waals surface area contributed by atoms with E-state index in [9.17, 15) is 0 Å². The standard InChI is InChI=1S/C10H8N4S/c11-9-5-8(7-2-4-15-6-7)13-10-1-3-12-14(9)10/h1-6H,11H2. The van der Waals surface area contributed by atoms with E-state index in [-0.39, 0.29) is 0 Å². The van der Waals surface area contributed by atoms with E-state index in [0.29, 0.717) is 5.82 Å². The van der Waals surface area contributed by atoms with Crippen LogP contribution in [0.25, 0.3) is 16.9 Å². The fraction of sp³-hybridized carbons (Fsp3) is 0. The molecule has 3 rings (SSSR count). The normalized spacial score (nSPS) is 10.9. The zero-order chi connectivity index (χ0) is 10.3. The Morgan fingerprint density at radius 3 is 3.07 bits per heavy atom. The van der Waals surface area contributed by atoms with E-state index in [1.54, 1.807) is 22.0 Å². The Labute approximate surface area is 90.0 Å². The van der Waals surface area contributed by atoms with Gasteiger partial charge in [-0.05, 0) is 11.4 Å². The summed E-state index contributed by atoms with van der Waals surface area (Å²) in [6.07, 6.45) is 1.69. The molecule has 0 unspecified atom stereocenters. The quantitative estimate of drug-likeness (QED) is 0.677. The molecule has 5 heteroatoms. The van der Waals surface area contributed by atoms with Gasteiger partial charge in [0.05, 0.1) is 11.9 Å². The number of nitrogens with two attached hydrogens (primary N) is 1. The first-order chi connectivity index (χ1) is 7.34. The molecule has 3 aromatic heterocycles. The molecule has 0 spiro atoms. The molecule has 0 fully saturated rings. The molecular weight excluding hydrogens is 208 g/mol. The fourth-order valence-electron chi connectivity index (χ4n) is 1.49. The van der Waals surface area contributed by atoms with Gasteiger partial charge in [-0.25, -0.2) is 4.98 Å². The highest BCUT2D eigenvalue weighted by Gasteiger charge is 2.05. The molecule has 0 aromatic carbocycles. The number of hydrogen-bond donors (Lipinski definition) is 1. The van der Waals surface area contributed by atoms with E-state index in [1.807, 2.05) is 23.6 Å². The van der Waals surface area contributed by atoms with Crippen LogP contribution < -0.4 is 5.73 Å². The lowest BCUT2D eigenvalue weighted by molar-refractivity contribution is 0.954. The summed E-state index contributed by atoms with van der Waals surface area (Å²) in [6.45, 7) is 0. The maximum atomic E-state index is 5.87. The van der Waals surface area contributed by atoms with Gasteiger partial charge < -0.3 is 5.73 Å². The lowest BCUT2D eigenvalue weighted by Gasteiger charge is -2.02. The molecule has 0 aliphatic heterocycles. The number of hydrogen-bond acceptors (Lipinski definition) is 4. The first kappa shape index (κ1) is 8.43. The molecule has 0 bridgehead atoms. The molecule has 2 N–H and O–H groups in total. The van der Waals surface area contributed by atoms with Gasteiger partial charge in [0.15, 0.2) is 5.65 Å². The summed E-state index contributed by atoms with van der Waals surface area (Å²) >= 11 is 1.64. The number of rotatable bonds is 1. The van der Waals surface area contributed by atoms with Crippen molar-refractivity contribution in [2.75, 3.05) is 5.73 Å². The smallest absolute Gasteiger partial charge is 0.157 e. The molecule has 0 radical (unpaired) electrons. The third-order valence-corrected chi connectivity index (χ3v) is 2.89. The van der Waals surface area contributed by atoms with Gasteiger partial charge >= 0.3 is 0 Å². The van der Waals surface area contributed by atoms with Crippen molar-refractivity contribution >= 4 is 22.8 Å². The molecule has 0 saturated carbocycles. The first-order valence-electron chi connectivity index (χ1n) is 4.47. The molecule has 15 heavy (non-hydrogen) atoms. The second-order valence-electron chi connectivity index (χ2n) is 3.18. The van der Waals surface area contributed by atoms with Crippen LogP contribution in [0, 0.1) is 0 Å². The average molecular weight is 216 g/mol. The van der Waals surface area contributed by atoms with Gasteiger partial charge in [-0.1, -0.05) is 0 Å². The molecule has 0 aliphatic rings. The minimum atomic E-state index is 0.603. The lowest BCUT2D eigenvalue weighted by Crippen LogP contribution is -2.00. The summed E-state index contributed by atoms with van der Waals surface area (Å²) in [5.41, 5.74) is 8.63. The molecular formula is C10H8N4S. The number of nitrogen functional groups attached to an aromatic ring is 1. The summed E-state index contributed by atoms with van der Waals surface area (Å²) in [5, 5.41) is 8.14. The third kappa shape index (κ3) is 1.28. The Morgan fingerprint density at radius 2 is 2.27 bits per heavy atom. The van der Waals surface area contributed by atoms with Crippen LogP contribution in [0.4, 0.5) is 5.82 Å². The summed E-state index contributed by atoms with van der Waals surface area (Å²) in [6, 6.07) is 5.70. The van der Waals surface area contributed by atoms with Crippen molar-refractivity contribution in [2.24, 2.45) is 0 Å². The van der Waals surface area contributed by atoms with Gasteiger partial charge in [-0.3, -0.25) is 0 Å². The Balaban J connectivity index is 2.29. The third-order valence-electron chi connectivity index (χ3n) is 2.20. The SMILES string of the molecule is Nc1cc(-c2ccsc2)nc2ccnn12. The van der Waals surface area contributed by atoms with E-state index in [2.05, 4.69) is 15.5 Å². The Morgan fingerprint density at radius 1 is 1.33 bits per heavy atom. The van der Waals surface area contributed by atoms with Gasteiger partial charge in [0.25, 0.3) is 0 Å². The number of nitrogens with zero attached hydrogens (tertiary/aromatic N) is 3. The van der Waals surface area contributed by atoms with E-state index in [0.717, 1.165) is 16.9 Å². The van der Waals surface area contributed by atoms with Crippen LogP contribution in [-0.4, -0.2) is 14.6 Å². The predicted molar refractivity (Wildman–Crippen MR) is 60.7 cm³/mol. The van der Waals surface area contributed by atoms with E-state index < -0.39 is 0 Å². The topological polar surface area (TPSA) is 56.2 Å². The highest BCUT2D eigenvalue weighted by Crippen LogP contribution is 2.22. The van der Waals surface area contributed by atoms with Crippen LogP contribution in [0.1, 0.15) is 0 Å². The highest BCUT2D eigenvalue weighted by molar-refractivity contribution is 7.08. The fourth-order valence-corrected chi connectivity index (χ4v) is 2.14. The second-order valence-corrected chi connectivity index (χ2v) is 3.96. The zero-order valence-electron chi connectivity index (χ0n) is 7.79. The molecule has 74 valence electrons. The predicted octanol–water partition coefficient (Wildman–Crippen LogP) is 2.04. The van der Waals surface area contributed by atoms with Crippen LogP contribution >= 0.6 is 11.3 Å².